The van der Waals surface area contributed by atoms with Crippen molar-refractivity contribution in [2.75, 3.05) is 0 Å². The molecule has 0 unspecified atom stereocenters. The zero-order valence-corrected chi connectivity index (χ0v) is 8.80. The van der Waals surface area contributed by atoms with E-state index >= 15 is 0 Å². The highest BCUT2D eigenvalue weighted by Gasteiger charge is 2.17. The molecule has 0 aliphatic heterocycles. The summed E-state index contributed by atoms with van der Waals surface area (Å²) in [5, 5.41) is 25.9. The van der Waals surface area contributed by atoms with E-state index in [9.17, 15) is 14.4 Å². The molecule has 0 atom stereocenters. The highest BCUT2D eigenvalue weighted by atomic mass is 16.4. The quantitative estimate of drug-likeness (QED) is 0.363. The number of carbonyl (C=O) groups is 3. The Kier molecular flexibility index (Phi) is 4.94. The fraction of sp³-hybridized carbons (Fsp3) is 0.300. The van der Waals surface area contributed by atoms with Crippen LogP contribution >= 0.6 is 0 Å². The number of carbonyl (C=O) groups excluding carboxylic acids is 1. The molecule has 0 fully saturated rings. The summed E-state index contributed by atoms with van der Waals surface area (Å²) in [6.45, 7) is 3.21. The van der Waals surface area contributed by atoms with E-state index < -0.39 is 23.3 Å². The van der Waals surface area contributed by atoms with Gasteiger partial charge in [0.05, 0.1) is 0 Å². The molecule has 0 spiro atoms. The van der Waals surface area contributed by atoms with Gasteiger partial charge in [0.15, 0.2) is 5.78 Å². The fourth-order valence-corrected chi connectivity index (χ4v) is 0.725. The summed E-state index contributed by atoms with van der Waals surface area (Å²) in [5.74, 6) is -5.39. The van der Waals surface area contributed by atoms with Gasteiger partial charge in [0, 0.05) is 5.92 Å². The Morgan fingerprint density at radius 2 is 1.44 bits per heavy atom. The molecular formula is C10H12O6. The van der Waals surface area contributed by atoms with E-state index in [-0.39, 0.29) is 11.7 Å². The van der Waals surface area contributed by atoms with Gasteiger partial charge in [0.25, 0.3) is 0 Å². The van der Waals surface area contributed by atoms with Crippen molar-refractivity contribution in [1.82, 2.24) is 0 Å². The monoisotopic (exact) mass is 228 g/mol. The molecule has 0 aromatic rings. The van der Waals surface area contributed by atoms with E-state index in [2.05, 4.69) is 0 Å². The molecule has 0 radical (unpaired) electrons. The van der Waals surface area contributed by atoms with Crippen LogP contribution in [0.5, 0.6) is 0 Å². The Bertz CT molecular complexity index is 375. The van der Waals surface area contributed by atoms with Crippen LogP contribution in [-0.2, 0) is 14.4 Å². The first-order valence-corrected chi connectivity index (χ1v) is 4.39. The van der Waals surface area contributed by atoms with Gasteiger partial charge in [-0.05, 0) is 12.2 Å². The maximum atomic E-state index is 11.1. The molecule has 0 aliphatic rings. The normalized spacial score (nSPS) is 12.7. The second kappa shape index (κ2) is 5.69. The molecular weight excluding hydrogens is 216 g/mol. The number of aliphatic carboxylic acids is 2. The molecule has 0 saturated carbocycles. The predicted octanol–water partition coefficient (Wildman–Crippen LogP) is 0.749. The van der Waals surface area contributed by atoms with Crippen LogP contribution in [0.2, 0.25) is 0 Å². The van der Waals surface area contributed by atoms with E-state index in [4.69, 9.17) is 15.3 Å². The molecule has 0 aromatic carbocycles. The second-order valence-electron chi connectivity index (χ2n) is 3.26. The van der Waals surface area contributed by atoms with Gasteiger partial charge < -0.3 is 15.3 Å². The summed E-state index contributed by atoms with van der Waals surface area (Å²) in [6.07, 6.45) is 1.70. The molecule has 6 nitrogen and oxygen atoms in total. The maximum Gasteiger partial charge on any atom is 0.371 e. The number of allylic oxidation sites excluding steroid dienone is 1. The van der Waals surface area contributed by atoms with Gasteiger partial charge in [0.2, 0.25) is 5.76 Å². The topological polar surface area (TPSA) is 112 Å². The third-order valence-electron chi connectivity index (χ3n) is 1.67. The largest absolute Gasteiger partial charge is 0.501 e. The minimum atomic E-state index is -1.76. The van der Waals surface area contributed by atoms with Crippen molar-refractivity contribution in [3.63, 3.8) is 0 Å². The Balaban J connectivity index is 5.15. The lowest BCUT2D eigenvalue weighted by molar-refractivity contribution is -0.138. The van der Waals surface area contributed by atoms with Gasteiger partial charge in [-0.2, -0.15) is 0 Å². The van der Waals surface area contributed by atoms with E-state index in [1.54, 1.807) is 13.8 Å². The lowest BCUT2D eigenvalue weighted by atomic mass is 10.1. The summed E-state index contributed by atoms with van der Waals surface area (Å²) in [4.78, 5) is 32.0. The van der Waals surface area contributed by atoms with Gasteiger partial charge in [-0.25, -0.2) is 9.59 Å². The molecule has 6 heteroatoms. The smallest absolute Gasteiger partial charge is 0.371 e. The Morgan fingerprint density at radius 1 is 0.938 bits per heavy atom. The van der Waals surface area contributed by atoms with E-state index in [0.29, 0.717) is 0 Å². The van der Waals surface area contributed by atoms with Crippen LogP contribution in [-0.4, -0.2) is 33.0 Å². The molecule has 0 bridgehead atoms. The summed E-state index contributed by atoms with van der Waals surface area (Å²) < 4.78 is 0. The van der Waals surface area contributed by atoms with Crippen molar-refractivity contribution in [1.29, 1.82) is 0 Å². The van der Waals surface area contributed by atoms with Crippen LogP contribution in [0.1, 0.15) is 13.8 Å². The van der Waals surface area contributed by atoms with E-state index in [0.717, 1.165) is 12.2 Å². The van der Waals surface area contributed by atoms with Crippen LogP contribution in [0.4, 0.5) is 0 Å². The Morgan fingerprint density at radius 3 is 1.75 bits per heavy atom. The molecule has 3 N–H and O–H groups in total. The zero-order valence-electron chi connectivity index (χ0n) is 8.80. The van der Waals surface area contributed by atoms with Gasteiger partial charge in [0.1, 0.15) is 5.57 Å². The number of aliphatic hydroxyl groups excluding tert-OH is 1. The van der Waals surface area contributed by atoms with Crippen molar-refractivity contribution >= 4 is 17.7 Å². The standard InChI is InChI=1S/C10H12O6/c1-5(2)7(11)4-3-6(9(13)14)8(12)10(15)16/h3-5,12H,1-2H3,(H,13,14)(H,15,16)/b4-3-,8-6-. The third-order valence-corrected chi connectivity index (χ3v) is 1.67. The second-order valence-corrected chi connectivity index (χ2v) is 3.26. The van der Waals surface area contributed by atoms with Crippen LogP contribution in [0, 0.1) is 5.92 Å². The van der Waals surface area contributed by atoms with Crippen molar-refractivity contribution < 1.29 is 29.7 Å². The number of carboxylic acid groups (broad SMARTS) is 2. The van der Waals surface area contributed by atoms with E-state index in [1.807, 2.05) is 0 Å². The van der Waals surface area contributed by atoms with Gasteiger partial charge in [-0.3, -0.25) is 4.79 Å². The summed E-state index contributed by atoms with van der Waals surface area (Å²) in [6, 6.07) is 0. The highest BCUT2D eigenvalue weighted by Crippen LogP contribution is 2.06. The van der Waals surface area contributed by atoms with Crippen LogP contribution in [0.15, 0.2) is 23.5 Å². The minimum Gasteiger partial charge on any atom is -0.501 e. The highest BCUT2D eigenvalue weighted by molar-refractivity contribution is 6.01. The summed E-state index contributed by atoms with van der Waals surface area (Å²) in [7, 11) is 0. The minimum absolute atomic E-state index is 0.335. The van der Waals surface area contributed by atoms with Crippen molar-refractivity contribution in [3.05, 3.63) is 23.5 Å². The maximum absolute atomic E-state index is 11.1. The molecule has 0 aromatic heterocycles. The number of ketones is 1. The molecule has 16 heavy (non-hydrogen) atoms. The zero-order chi connectivity index (χ0) is 12.9. The van der Waals surface area contributed by atoms with Crippen molar-refractivity contribution in [3.8, 4) is 0 Å². The summed E-state index contributed by atoms with van der Waals surface area (Å²) in [5.41, 5.74) is -0.832. The number of aliphatic hydroxyl groups is 1. The molecule has 0 heterocycles. The first-order chi connectivity index (χ1) is 7.27. The molecule has 88 valence electrons. The van der Waals surface area contributed by atoms with Gasteiger partial charge >= 0.3 is 11.9 Å². The van der Waals surface area contributed by atoms with Crippen LogP contribution in [0.25, 0.3) is 0 Å². The number of rotatable bonds is 5. The van der Waals surface area contributed by atoms with Gasteiger partial charge in [-0.1, -0.05) is 13.8 Å². The Labute approximate surface area is 91.5 Å². The number of hydrogen-bond donors (Lipinski definition) is 3. The van der Waals surface area contributed by atoms with Crippen molar-refractivity contribution in [2.24, 2.45) is 5.92 Å². The number of hydrogen-bond acceptors (Lipinski definition) is 4. The molecule has 0 amide bonds. The molecule has 0 aliphatic carbocycles. The SMILES string of the molecule is CC(C)C(=O)/C=C\C(C(=O)O)=C(\O)C(=O)O. The van der Waals surface area contributed by atoms with Crippen LogP contribution < -0.4 is 0 Å². The fourth-order valence-electron chi connectivity index (χ4n) is 0.725. The average molecular weight is 228 g/mol. The molecule has 0 rings (SSSR count). The lowest BCUT2D eigenvalue weighted by Crippen LogP contribution is -2.10. The first-order valence-electron chi connectivity index (χ1n) is 4.39. The van der Waals surface area contributed by atoms with Gasteiger partial charge in [-0.15, -0.1) is 0 Å². The number of carboxylic acids is 2. The van der Waals surface area contributed by atoms with Crippen molar-refractivity contribution in [2.45, 2.75) is 13.8 Å². The third kappa shape index (κ3) is 3.95. The lowest BCUT2D eigenvalue weighted by Gasteiger charge is -1.99. The first kappa shape index (κ1) is 13.9. The van der Waals surface area contributed by atoms with E-state index in [1.165, 1.54) is 0 Å². The Hall–Kier alpha value is -2.11. The summed E-state index contributed by atoms with van der Waals surface area (Å²) >= 11 is 0. The molecule has 0 saturated heterocycles. The predicted molar refractivity (Wildman–Crippen MR) is 53.9 cm³/mol. The van der Waals surface area contributed by atoms with Crippen LogP contribution in [0.3, 0.4) is 0 Å². The average Bonchev–Trinajstić information content (AvgIpc) is 2.16.